The van der Waals surface area contributed by atoms with Crippen LogP contribution in [-0.2, 0) is 9.53 Å². The van der Waals surface area contributed by atoms with Crippen LogP contribution < -0.4 is 0 Å². The number of esters is 1. The van der Waals surface area contributed by atoms with E-state index in [2.05, 4.69) is 20.8 Å². The largest absolute Gasteiger partial charge is 0.462 e. The third-order valence-corrected chi connectivity index (χ3v) is 2.13. The Balaban J connectivity index is 3.56. The summed E-state index contributed by atoms with van der Waals surface area (Å²) in [6, 6.07) is 0. The first kappa shape index (κ1) is 13.5. The van der Waals surface area contributed by atoms with Gasteiger partial charge in [0.25, 0.3) is 0 Å². The number of ether oxygens (including phenoxy) is 1. The Hall–Kier alpha value is -0.530. The summed E-state index contributed by atoms with van der Waals surface area (Å²) in [5, 5.41) is 0. The van der Waals surface area contributed by atoms with Crippen molar-refractivity contribution in [2.45, 2.75) is 58.0 Å². The van der Waals surface area contributed by atoms with E-state index in [0.717, 1.165) is 32.1 Å². The Labute approximate surface area is 88.0 Å². The van der Waals surface area contributed by atoms with Crippen LogP contribution in [0.25, 0.3) is 0 Å². The van der Waals surface area contributed by atoms with Crippen LogP contribution in [0.15, 0.2) is 0 Å². The smallest absolute Gasteiger partial charge is 0.306 e. The van der Waals surface area contributed by atoms with Crippen molar-refractivity contribution in [1.82, 2.24) is 0 Å². The molecule has 1 atom stereocenters. The van der Waals surface area contributed by atoms with Gasteiger partial charge in [0.2, 0.25) is 0 Å². The van der Waals surface area contributed by atoms with Gasteiger partial charge in [-0.15, -0.1) is 0 Å². The molecule has 14 heavy (non-hydrogen) atoms. The highest BCUT2D eigenvalue weighted by atomic mass is 16.5. The highest BCUT2D eigenvalue weighted by Gasteiger charge is 2.10. The molecule has 0 fully saturated rings. The topological polar surface area (TPSA) is 26.3 Å². The molecule has 0 aliphatic carbocycles. The second-order valence-corrected chi connectivity index (χ2v) is 3.50. The molecule has 2 nitrogen and oxygen atoms in total. The van der Waals surface area contributed by atoms with Gasteiger partial charge in [-0.3, -0.25) is 4.79 Å². The molecule has 0 aliphatic rings. The maximum Gasteiger partial charge on any atom is 0.306 e. The SMILES string of the molecule is [CH2]CCC(C[CH2])OC(=O)CCCCC. The number of rotatable bonds is 8. The molecule has 0 rings (SSSR count). The molecule has 2 radical (unpaired) electrons. The van der Waals surface area contributed by atoms with E-state index in [1.807, 2.05) is 0 Å². The van der Waals surface area contributed by atoms with Gasteiger partial charge in [-0.05, 0) is 32.6 Å². The zero-order valence-electron chi connectivity index (χ0n) is 9.26. The van der Waals surface area contributed by atoms with E-state index >= 15 is 0 Å². The summed E-state index contributed by atoms with van der Waals surface area (Å²) in [6.07, 6.45) is 5.94. The maximum absolute atomic E-state index is 11.3. The molecular weight excluding hydrogens is 176 g/mol. The third kappa shape index (κ3) is 6.93. The molecule has 0 aromatic rings. The molecule has 0 saturated heterocycles. The van der Waals surface area contributed by atoms with Crippen LogP contribution in [0.4, 0.5) is 0 Å². The minimum absolute atomic E-state index is 0.0263. The van der Waals surface area contributed by atoms with Crippen molar-refractivity contribution in [1.29, 1.82) is 0 Å². The predicted octanol–water partition coefficient (Wildman–Crippen LogP) is 3.32. The van der Waals surface area contributed by atoms with Crippen molar-refractivity contribution in [2.24, 2.45) is 0 Å². The van der Waals surface area contributed by atoms with Crippen molar-refractivity contribution in [3.05, 3.63) is 13.8 Å². The van der Waals surface area contributed by atoms with Gasteiger partial charge >= 0.3 is 5.97 Å². The van der Waals surface area contributed by atoms with Crippen LogP contribution in [0.5, 0.6) is 0 Å². The molecule has 0 heterocycles. The van der Waals surface area contributed by atoms with E-state index in [4.69, 9.17) is 4.74 Å². The Kier molecular flexibility index (Phi) is 8.70. The van der Waals surface area contributed by atoms with E-state index in [1.165, 1.54) is 0 Å². The van der Waals surface area contributed by atoms with Crippen LogP contribution in [0.3, 0.4) is 0 Å². The van der Waals surface area contributed by atoms with Gasteiger partial charge in [-0.2, -0.15) is 0 Å². The van der Waals surface area contributed by atoms with E-state index in [-0.39, 0.29) is 12.1 Å². The van der Waals surface area contributed by atoms with Crippen LogP contribution in [0.1, 0.15) is 51.9 Å². The lowest BCUT2D eigenvalue weighted by molar-refractivity contribution is -0.149. The van der Waals surface area contributed by atoms with Gasteiger partial charge in [-0.1, -0.05) is 26.7 Å². The van der Waals surface area contributed by atoms with E-state index in [9.17, 15) is 4.79 Å². The first-order valence-electron chi connectivity index (χ1n) is 5.52. The minimum atomic E-state index is -0.0828. The van der Waals surface area contributed by atoms with Crippen LogP contribution in [-0.4, -0.2) is 12.1 Å². The summed E-state index contributed by atoms with van der Waals surface area (Å²) < 4.78 is 5.25. The first-order valence-corrected chi connectivity index (χ1v) is 5.52. The van der Waals surface area contributed by atoms with Gasteiger partial charge in [0.1, 0.15) is 6.10 Å². The minimum Gasteiger partial charge on any atom is -0.462 e. The van der Waals surface area contributed by atoms with Crippen molar-refractivity contribution in [3.8, 4) is 0 Å². The Morgan fingerprint density at radius 3 is 2.57 bits per heavy atom. The average Bonchev–Trinajstić information content (AvgIpc) is 2.17. The predicted molar refractivity (Wildman–Crippen MR) is 58.6 cm³/mol. The summed E-state index contributed by atoms with van der Waals surface area (Å²) in [5.41, 5.74) is 0. The number of carbonyl (C=O) groups is 1. The van der Waals surface area contributed by atoms with Gasteiger partial charge in [0.05, 0.1) is 0 Å². The molecule has 0 aromatic carbocycles. The number of unbranched alkanes of at least 4 members (excludes halogenated alkanes) is 2. The average molecular weight is 198 g/mol. The fraction of sp³-hybridized carbons (Fsp3) is 0.750. The van der Waals surface area contributed by atoms with Gasteiger partial charge in [-0.25, -0.2) is 0 Å². The zero-order chi connectivity index (χ0) is 10.8. The maximum atomic E-state index is 11.3. The van der Waals surface area contributed by atoms with E-state index in [0.29, 0.717) is 12.8 Å². The van der Waals surface area contributed by atoms with Gasteiger partial charge in [0.15, 0.2) is 0 Å². The fourth-order valence-electron chi connectivity index (χ4n) is 1.25. The molecular formula is C12H22O2. The van der Waals surface area contributed by atoms with Crippen molar-refractivity contribution < 1.29 is 9.53 Å². The quantitative estimate of drug-likeness (QED) is 0.442. The molecule has 1 unspecified atom stereocenters. The standard InChI is InChI=1S/C12H22O2/c1-4-7-8-10-12(13)14-11(6-3)9-5-2/h11H,2-10H2,1H3. The number of hydrogen-bond acceptors (Lipinski definition) is 2. The molecule has 2 heteroatoms. The van der Waals surface area contributed by atoms with Crippen LogP contribution in [0, 0.1) is 13.8 Å². The normalized spacial score (nSPS) is 12.5. The zero-order valence-corrected chi connectivity index (χ0v) is 9.26. The van der Waals surface area contributed by atoms with Crippen molar-refractivity contribution in [2.75, 3.05) is 0 Å². The second-order valence-electron chi connectivity index (χ2n) is 3.50. The van der Waals surface area contributed by atoms with Crippen LogP contribution in [0.2, 0.25) is 0 Å². The molecule has 0 amide bonds. The number of carbonyl (C=O) groups excluding carboxylic acids is 1. The molecule has 0 aromatic heterocycles. The Morgan fingerprint density at radius 2 is 2.07 bits per heavy atom. The lowest BCUT2D eigenvalue weighted by atomic mass is 10.1. The highest BCUT2D eigenvalue weighted by molar-refractivity contribution is 5.69. The van der Waals surface area contributed by atoms with Gasteiger partial charge in [0, 0.05) is 6.42 Å². The lowest BCUT2D eigenvalue weighted by Crippen LogP contribution is -2.17. The molecule has 82 valence electrons. The summed E-state index contributed by atoms with van der Waals surface area (Å²) in [6.45, 7) is 9.60. The summed E-state index contributed by atoms with van der Waals surface area (Å²) in [4.78, 5) is 11.3. The van der Waals surface area contributed by atoms with Gasteiger partial charge < -0.3 is 4.74 Å². The molecule has 0 bridgehead atoms. The monoisotopic (exact) mass is 198 g/mol. The summed E-state index contributed by atoms with van der Waals surface area (Å²) >= 11 is 0. The fourth-order valence-corrected chi connectivity index (χ4v) is 1.25. The lowest BCUT2D eigenvalue weighted by Gasteiger charge is -2.14. The molecule has 0 spiro atoms. The Morgan fingerprint density at radius 1 is 1.36 bits per heavy atom. The second kappa shape index (κ2) is 9.04. The van der Waals surface area contributed by atoms with E-state index < -0.39 is 0 Å². The molecule has 0 aliphatic heterocycles. The number of hydrogen-bond donors (Lipinski definition) is 0. The summed E-state index contributed by atoms with van der Waals surface area (Å²) in [5.74, 6) is -0.0828. The molecule has 0 N–H and O–H groups in total. The summed E-state index contributed by atoms with van der Waals surface area (Å²) in [7, 11) is 0. The molecule has 0 saturated carbocycles. The van der Waals surface area contributed by atoms with Crippen molar-refractivity contribution in [3.63, 3.8) is 0 Å². The van der Waals surface area contributed by atoms with Crippen LogP contribution >= 0.6 is 0 Å². The highest BCUT2D eigenvalue weighted by Crippen LogP contribution is 2.09. The Bertz CT molecular complexity index is 143. The van der Waals surface area contributed by atoms with Crippen molar-refractivity contribution >= 4 is 5.97 Å². The van der Waals surface area contributed by atoms with E-state index in [1.54, 1.807) is 0 Å². The third-order valence-electron chi connectivity index (χ3n) is 2.13. The first-order chi connectivity index (χ1) is 6.74.